The second-order valence-electron chi connectivity index (χ2n) is 5.45. The van der Waals surface area contributed by atoms with E-state index in [1.807, 2.05) is 37.3 Å². The number of halogens is 1. The lowest BCUT2D eigenvalue weighted by molar-refractivity contribution is 0.0950. The van der Waals surface area contributed by atoms with E-state index in [1.165, 1.54) is 0 Å². The van der Waals surface area contributed by atoms with Crippen molar-refractivity contribution in [2.75, 3.05) is 13.2 Å². The van der Waals surface area contributed by atoms with E-state index in [0.29, 0.717) is 41.8 Å². The minimum Gasteiger partial charge on any atom is -0.489 e. The molecule has 1 aliphatic heterocycles. The Morgan fingerprint density at radius 3 is 2.83 bits per heavy atom. The average molecular weight is 332 g/mol. The van der Waals surface area contributed by atoms with E-state index in [-0.39, 0.29) is 5.91 Å². The van der Waals surface area contributed by atoms with Crippen LogP contribution in [0.1, 0.15) is 27.9 Å². The molecule has 0 radical (unpaired) electrons. The van der Waals surface area contributed by atoms with Crippen LogP contribution in [0.5, 0.6) is 11.5 Å². The lowest BCUT2D eigenvalue weighted by atomic mass is 10.1. The maximum atomic E-state index is 12.3. The Hall–Kier alpha value is -2.20. The van der Waals surface area contributed by atoms with Crippen LogP contribution >= 0.6 is 11.6 Å². The number of hydrogen-bond donors (Lipinski definition) is 1. The van der Waals surface area contributed by atoms with E-state index in [4.69, 9.17) is 21.1 Å². The van der Waals surface area contributed by atoms with Gasteiger partial charge in [-0.05, 0) is 36.2 Å². The molecule has 1 N–H and O–H groups in total. The van der Waals surface area contributed by atoms with E-state index >= 15 is 0 Å². The van der Waals surface area contributed by atoms with Gasteiger partial charge in [0.2, 0.25) is 0 Å². The second kappa shape index (κ2) is 6.92. The molecule has 0 aromatic heterocycles. The first-order valence-corrected chi connectivity index (χ1v) is 7.95. The topological polar surface area (TPSA) is 47.6 Å². The Labute approximate surface area is 140 Å². The molecule has 0 spiro atoms. The molecule has 1 amide bonds. The molecule has 5 heteroatoms. The van der Waals surface area contributed by atoms with Gasteiger partial charge in [0.15, 0.2) is 11.5 Å². The predicted molar refractivity (Wildman–Crippen MR) is 89.4 cm³/mol. The van der Waals surface area contributed by atoms with Gasteiger partial charge < -0.3 is 14.8 Å². The van der Waals surface area contributed by atoms with E-state index in [9.17, 15) is 4.79 Å². The smallest absolute Gasteiger partial charge is 0.251 e. The molecule has 0 saturated carbocycles. The zero-order valence-corrected chi connectivity index (χ0v) is 13.7. The highest BCUT2D eigenvalue weighted by atomic mass is 35.5. The van der Waals surface area contributed by atoms with E-state index in [1.54, 1.807) is 6.07 Å². The summed E-state index contributed by atoms with van der Waals surface area (Å²) in [6.07, 6.45) is 0.824. The van der Waals surface area contributed by atoms with Gasteiger partial charge in [0, 0.05) is 18.5 Å². The summed E-state index contributed by atoms with van der Waals surface area (Å²) in [5.41, 5.74) is 2.50. The van der Waals surface area contributed by atoms with Gasteiger partial charge in [0.25, 0.3) is 5.91 Å². The van der Waals surface area contributed by atoms with Crippen LogP contribution in [0.15, 0.2) is 36.4 Å². The van der Waals surface area contributed by atoms with E-state index < -0.39 is 0 Å². The molecule has 3 rings (SSSR count). The minimum atomic E-state index is -0.105. The van der Waals surface area contributed by atoms with E-state index in [2.05, 4.69) is 5.32 Å². The van der Waals surface area contributed by atoms with Crippen molar-refractivity contribution in [2.45, 2.75) is 19.9 Å². The van der Waals surface area contributed by atoms with Gasteiger partial charge in [-0.15, -0.1) is 0 Å². The Kier molecular flexibility index (Phi) is 4.72. The standard InChI is InChI=1S/C18H18ClNO3/c1-12-5-2-3-6-14(12)18(21)20-11-13-9-15(19)17-16(10-13)22-7-4-8-23-17/h2-3,5-6,9-10H,4,7-8,11H2,1H3,(H,20,21). The Morgan fingerprint density at radius 1 is 1.22 bits per heavy atom. The molecule has 0 atom stereocenters. The number of carbonyl (C=O) groups is 1. The molecule has 120 valence electrons. The first kappa shape index (κ1) is 15.7. The van der Waals surface area contributed by atoms with Crippen molar-refractivity contribution >= 4 is 17.5 Å². The summed E-state index contributed by atoms with van der Waals surface area (Å²) in [7, 11) is 0. The van der Waals surface area contributed by atoms with Gasteiger partial charge in [0.1, 0.15) is 0 Å². The highest BCUT2D eigenvalue weighted by molar-refractivity contribution is 6.32. The van der Waals surface area contributed by atoms with Crippen molar-refractivity contribution < 1.29 is 14.3 Å². The van der Waals surface area contributed by atoms with Crippen molar-refractivity contribution in [3.63, 3.8) is 0 Å². The number of ether oxygens (including phenoxy) is 2. The normalized spacial score (nSPS) is 13.3. The summed E-state index contributed by atoms with van der Waals surface area (Å²) in [5.74, 6) is 1.11. The third-order valence-corrected chi connectivity index (χ3v) is 3.99. The fourth-order valence-corrected chi connectivity index (χ4v) is 2.78. The van der Waals surface area contributed by atoms with Crippen molar-refractivity contribution in [1.29, 1.82) is 0 Å². The highest BCUT2D eigenvalue weighted by Gasteiger charge is 2.16. The molecule has 1 heterocycles. The molecule has 2 aromatic rings. The minimum absolute atomic E-state index is 0.105. The highest BCUT2D eigenvalue weighted by Crippen LogP contribution is 2.37. The lowest BCUT2D eigenvalue weighted by Crippen LogP contribution is -2.23. The second-order valence-corrected chi connectivity index (χ2v) is 5.86. The number of nitrogens with one attached hydrogen (secondary N) is 1. The molecule has 0 aliphatic carbocycles. The summed E-state index contributed by atoms with van der Waals surface area (Å²) >= 11 is 6.26. The van der Waals surface area contributed by atoms with Gasteiger partial charge >= 0.3 is 0 Å². The number of aryl methyl sites for hydroxylation is 1. The van der Waals surface area contributed by atoms with Gasteiger partial charge in [0.05, 0.1) is 18.2 Å². The summed E-state index contributed by atoms with van der Waals surface area (Å²) < 4.78 is 11.3. The van der Waals surface area contributed by atoms with Crippen LogP contribution in [0.3, 0.4) is 0 Å². The third kappa shape index (κ3) is 3.59. The molecule has 1 aliphatic rings. The fourth-order valence-electron chi connectivity index (χ4n) is 2.49. The molecule has 0 bridgehead atoms. The SMILES string of the molecule is Cc1ccccc1C(=O)NCc1cc(Cl)c2c(c1)OCCCO2. The molecule has 2 aromatic carbocycles. The number of rotatable bonds is 3. The Morgan fingerprint density at radius 2 is 2.00 bits per heavy atom. The summed E-state index contributed by atoms with van der Waals surface area (Å²) in [5, 5.41) is 3.42. The van der Waals surface area contributed by atoms with E-state index in [0.717, 1.165) is 17.5 Å². The molecular formula is C18H18ClNO3. The van der Waals surface area contributed by atoms with Crippen LogP contribution in [0.2, 0.25) is 5.02 Å². The van der Waals surface area contributed by atoms with Crippen LogP contribution in [0, 0.1) is 6.92 Å². The Balaban J connectivity index is 1.74. The maximum Gasteiger partial charge on any atom is 0.251 e. The molecule has 0 fully saturated rings. The number of benzene rings is 2. The van der Waals surface area contributed by atoms with Crippen molar-refractivity contribution in [1.82, 2.24) is 5.32 Å². The monoisotopic (exact) mass is 331 g/mol. The van der Waals surface area contributed by atoms with Crippen LogP contribution < -0.4 is 14.8 Å². The third-order valence-electron chi connectivity index (χ3n) is 3.70. The van der Waals surface area contributed by atoms with Crippen molar-refractivity contribution in [3.05, 3.63) is 58.1 Å². The first-order chi connectivity index (χ1) is 11.1. The number of amides is 1. The van der Waals surface area contributed by atoms with Crippen molar-refractivity contribution in [3.8, 4) is 11.5 Å². The van der Waals surface area contributed by atoms with Crippen molar-refractivity contribution in [2.24, 2.45) is 0 Å². The quantitative estimate of drug-likeness (QED) is 0.932. The lowest BCUT2D eigenvalue weighted by Gasteiger charge is -2.12. The zero-order valence-electron chi connectivity index (χ0n) is 12.9. The summed E-state index contributed by atoms with van der Waals surface area (Å²) in [6, 6.07) is 11.2. The van der Waals surface area contributed by atoms with Crippen LogP contribution in [-0.2, 0) is 6.54 Å². The predicted octanol–water partition coefficient (Wildman–Crippen LogP) is 3.74. The number of fused-ring (bicyclic) bond motifs is 1. The largest absolute Gasteiger partial charge is 0.489 e. The molecule has 23 heavy (non-hydrogen) atoms. The maximum absolute atomic E-state index is 12.3. The zero-order chi connectivity index (χ0) is 16.2. The van der Waals surface area contributed by atoms with Gasteiger partial charge in [-0.25, -0.2) is 0 Å². The molecule has 0 unspecified atom stereocenters. The number of hydrogen-bond acceptors (Lipinski definition) is 3. The van der Waals surface area contributed by atoms with Crippen LogP contribution in [0.25, 0.3) is 0 Å². The molecule has 0 saturated heterocycles. The fraction of sp³-hybridized carbons (Fsp3) is 0.278. The van der Waals surface area contributed by atoms with Gasteiger partial charge in [-0.1, -0.05) is 29.8 Å². The van der Waals surface area contributed by atoms with Crippen LogP contribution in [-0.4, -0.2) is 19.1 Å². The average Bonchev–Trinajstić information content (AvgIpc) is 2.79. The molecule has 4 nitrogen and oxygen atoms in total. The van der Waals surface area contributed by atoms with Gasteiger partial charge in [-0.3, -0.25) is 4.79 Å². The van der Waals surface area contributed by atoms with Gasteiger partial charge in [-0.2, -0.15) is 0 Å². The van der Waals surface area contributed by atoms with Crippen LogP contribution in [0.4, 0.5) is 0 Å². The summed E-state index contributed by atoms with van der Waals surface area (Å²) in [6.45, 7) is 3.49. The first-order valence-electron chi connectivity index (χ1n) is 7.57. The number of carbonyl (C=O) groups excluding carboxylic acids is 1. The summed E-state index contributed by atoms with van der Waals surface area (Å²) in [4.78, 5) is 12.3. The molecular weight excluding hydrogens is 314 g/mol. The Bertz CT molecular complexity index is 730.